The Morgan fingerprint density at radius 1 is 1.25 bits per heavy atom. The number of pyridine rings is 1. The lowest BCUT2D eigenvalue weighted by atomic mass is 10.3. The number of aromatic nitrogens is 1. The van der Waals surface area contributed by atoms with E-state index in [0.717, 1.165) is 4.90 Å². The monoisotopic (exact) mass is 235 g/mol. The third-order valence-corrected chi connectivity index (χ3v) is 2.98. The van der Waals surface area contributed by atoms with Gasteiger partial charge in [-0.2, -0.15) is 0 Å². The molecule has 82 valence electrons. The highest BCUT2D eigenvalue weighted by atomic mass is 32.2. The van der Waals surface area contributed by atoms with Crippen LogP contribution in [0.5, 0.6) is 0 Å². The third-order valence-electron chi connectivity index (χ3n) is 1.94. The molecule has 2 rings (SSSR count). The summed E-state index contributed by atoms with van der Waals surface area (Å²) in [4.78, 5) is 5.44. The van der Waals surface area contributed by atoms with Crippen LogP contribution in [0.4, 0.5) is 10.2 Å². The van der Waals surface area contributed by atoms with E-state index in [0.29, 0.717) is 10.7 Å². The summed E-state index contributed by atoms with van der Waals surface area (Å²) in [6, 6.07) is 10.2. The van der Waals surface area contributed by atoms with Crippen LogP contribution < -0.4 is 11.3 Å². The molecule has 5 heteroatoms. The summed E-state index contributed by atoms with van der Waals surface area (Å²) in [5.41, 5.74) is 2.45. The molecule has 0 aliphatic carbocycles. The molecule has 0 saturated carbocycles. The van der Waals surface area contributed by atoms with Gasteiger partial charge >= 0.3 is 0 Å². The standard InChI is InChI=1S/C11H10FN3S/c12-9-3-1-2-4-10(9)16-8-5-6-14-11(7-8)15-13/h1-7H,13H2,(H,14,15). The van der Waals surface area contributed by atoms with Gasteiger partial charge in [-0.1, -0.05) is 23.9 Å². The highest BCUT2D eigenvalue weighted by Crippen LogP contribution is 2.30. The van der Waals surface area contributed by atoms with Gasteiger partial charge in [-0.05, 0) is 24.3 Å². The van der Waals surface area contributed by atoms with Crippen LogP contribution in [-0.4, -0.2) is 4.98 Å². The molecule has 0 unspecified atom stereocenters. The van der Waals surface area contributed by atoms with Crippen LogP contribution in [0.25, 0.3) is 0 Å². The van der Waals surface area contributed by atoms with Crippen molar-refractivity contribution in [2.45, 2.75) is 9.79 Å². The first kappa shape index (κ1) is 10.9. The van der Waals surface area contributed by atoms with Gasteiger partial charge in [-0.15, -0.1) is 0 Å². The highest BCUT2D eigenvalue weighted by molar-refractivity contribution is 7.99. The molecule has 2 aromatic rings. The molecule has 0 amide bonds. The molecule has 3 N–H and O–H groups in total. The molecule has 0 fully saturated rings. The Balaban J connectivity index is 2.24. The van der Waals surface area contributed by atoms with Gasteiger partial charge in [0.05, 0.1) is 0 Å². The van der Waals surface area contributed by atoms with E-state index in [1.165, 1.54) is 17.8 Å². The summed E-state index contributed by atoms with van der Waals surface area (Å²) < 4.78 is 13.4. The maximum atomic E-state index is 13.4. The molecule has 1 aromatic carbocycles. The van der Waals surface area contributed by atoms with Crippen molar-refractivity contribution in [1.82, 2.24) is 4.98 Å². The molecule has 0 spiro atoms. The number of benzene rings is 1. The number of halogens is 1. The first-order valence-corrected chi connectivity index (χ1v) is 5.46. The van der Waals surface area contributed by atoms with E-state index in [4.69, 9.17) is 5.84 Å². The number of nitrogens with one attached hydrogen (secondary N) is 1. The predicted octanol–water partition coefficient (Wildman–Crippen LogP) is 2.66. The molecular weight excluding hydrogens is 225 g/mol. The molecule has 1 heterocycles. The van der Waals surface area contributed by atoms with Crippen molar-refractivity contribution in [3.05, 3.63) is 48.4 Å². The lowest BCUT2D eigenvalue weighted by Crippen LogP contribution is -2.07. The minimum atomic E-state index is -0.230. The third kappa shape index (κ3) is 2.50. The molecule has 16 heavy (non-hydrogen) atoms. The van der Waals surface area contributed by atoms with E-state index in [9.17, 15) is 4.39 Å². The molecule has 3 nitrogen and oxygen atoms in total. The fourth-order valence-electron chi connectivity index (χ4n) is 1.21. The number of nitrogens with zero attached hydrogens (tertiary/aromatic N) is 1. The summed E-state index contributed by atoms with van der Waals surface area (Å²) in [5.74, 6) is 5.57. The molecule has 0 radical (unpaired) electrons. The van der Waals surface area contributed by atoms with Crippen LogP contribution in [0.3, 0.4) is 0 Å². The zero-order valence-electron chi connectivity index (χ0n) is 8.35. The molecule has 0 bridgehead atoms. The normalized spacial score (nSPS) is 10.1. The first-order chi connectivity index (χ1) is 7.79. The smallest absolute Gasteiger partial charge is 0.140 e. The Labute approximate surface area is 96.9 Å². The number of hydrazine groups is 1. The van der Waals surface area contributed by atoms with E-state index >= 15 is 0 Å². The van der Waals surface area contributed by atoms with Crippen LogP contribution in [0.2, 0.25) is 0 Å². The van der Waals surface area contributed by atoms with Gasteiger partial charge in [0.1, 0.15) is 11.6 Å². The quantitative estimate of drug-likeness (QED) is 0.634. The molecule has 0 saturated heterocycles. The van der Waals surface area contributed by atoms with Crippen molar-refractivity contribution in [3.63, 3.8) is 0 Å². The van der Waals surface area contributed by atoms with Crippen LogP contribution in [0.1, 0.15) is 0 Å². The van der Waals surface area contributed by atoms with E-state index in [1.807, 2.05) is 0 Å². The molecule has 0 atom stereocenters. The Hall–Kier alpha value is -1.59. The second-order valence-corrected chi connectivity index (χ2v) is 4.17. The van der Waals surface area contributed by atoms with Gasteiger partial charge < -0.3 is 5.43 Å². The van der Waals surface area contributed by atoms with E-state index in [2.05, 4.69) is 10.4 Å². The minimum Gasteiger partial charge on any atom is -0.308 e. The van der Waals surface area contributed by atoms with Crippen molar-refractivity contribution in [2.75, 3.05) is 5.43 Å². The maximum absolute atomic E-state index is 13.4. The van der Waals surface area contributed by atoms with Crippen molar-refractivity contribution in [2.24, 2.45) is 5.84 Å². The molecule has 0 aliphatic heterocycles. The highest BCUT2D eigenvalue weighted by Gasteiger charge is 2.03. The summed E-state index contributed by atoms with van der Waals surface area (Å²) >= 11 is 1.33. The molecule has 0 aliphatic rings. The van der Waals surface area contributed by atoms with Crippen LogP contribution in [0.15, 0.2) is 52.4 Å². The van der Waals surface area contributed by atoms with Crippen LogP contribution in [0, 0.1) is 5.82 Å². The minimum absolute atomic E-state index is 0.230. The second-order valence-electron chi connectivity index (χ2n) is 3.05. The van der Waals surface area contributed by atoms with E-state index in [1.54, 1.807) is 36.5 Å². The van der Waals surface area contributed by atoms with E-state index < -0.39 is 0 Å². The van der Waals surface area contributed by atoms with Gasteiger partial charge in [0.15, 0.2) is 0 Å². The maximum Gasteiger partial charge on any atom is 0.140 e. The zero-order valence-corrected chi connectivity index (χ0v) is 9.17. The van der Waals surface area contributed by atoms with Gasteiger partial charge in [0, 0.05) is 16.0 Å². The average Bonchev–Trinajstić information content (AvgIpc) is 2.32. The summed E-state index contributed by atoms with van der Waals surface area (Å²) in [7, 11) is 0. The average molecular weight is 235 g/mol. The van der Waals surface area contributed by atoms with Crippen LogP contribution in [-0.2, 0) is 0 Å². The largest absolute Gasteiger partial charge is 0.308 e. The fourth-order valence-corrected chi connectivity index (χ4v) is 2.07. The summed E-state index contributed by atoms with van der Waals surface area (Å²) in [6.07, 6.45) is 1.62. The van der Waals surface area contributed by atoms with Crippen LogP contribution >= 0.6 is 11.8 Å². The molecule has 1 aromatic heterocycles. The van der Waals surface area contributed by atoms with Gasteiger partial charge in [0.25, 0.3) is 0 Å². The number of nitrogen functional groups attached to an aromatic ring is 1. The number of anilines is 1. The number of hydrogen-bond acceptors (Lipinski definition) is 4. The topological polar surface area (TPSA) is 50.9 Å². The fraction of sp³-hybridized carbons (Fsp3) is 0. The van der Waals surface area contributed by atoms with Crippen molar-refractivity contribution in [1.29, 1.82) is 0 Å². The van der Waals surface area contributed by atoms with Gasteiger partial charge in [-0.25, -0.2) is 15.2 Å². The van der Waals surface area contributed by atoms with Crippen molar-refractivity contribution >= 4 is 17.6 Å². The van der Waals surface area contributed by atoms with Crippen molar-refractivity contribution in [3.8, 4) is 0 Å². The predicted molar refractivity (Wildman–Crippen MR) is 62.6 cm³/mol. The summed E-state index contributed by atoms with van der Waals surface area (Å²) in [6.45, 7) is 0. The summed E-state index contributed by atoms with van der Waals surface area (Å²) in [5, 5.41) is 0. The number of rotatable bonds is 3. The Kier molecular flexibility index (Phi) is 3.38. The Morgan fingerprint density at radius 3 is 2.81 bits per heavy atom. The lowest BCUT2D eigenvalue weighted by molar-refractivity contribution is 0.602. The number of hydrogen-bond donors (Lipinski definition) is 2. The van der Waals surface area contributed by atoms with Gasteiger partial charge in [0.2, 0.25) is 0 Å². The first-order valence-electron chi connectivity index (χ1n) is 4.64. The zero-order chi connectivity index (χ0) is 11.4. The SMILES string of the molecule is NNc1cc(Sc2ccccc2F)ccn1. The molecular formula is C11H10FN3S. The van der Waals surface area contributed by atoms with Gasteiger partial charge in [-0.3, -0.25) is 0 Å². The Morgan fingerprint density at radius 2 is 2.06 bits per heavy atom. The van der Waals surface area contributed by atoms with Crippen molar-refractivity contribution < 1.29 is 4.39 Å². The number of nitrogens with two attached hydrogens (primary N) is 1. The lowest BCUT2D eigenvalue weighted by Gasteiger charge is -2.04. The Bertz CT molecular complexity index is 490. The second kappa shape index (κ2) is 4.96. The van der Waals surface area contributed by atoms with E-state index in [-0.39, 0.29) is 5.82 Å².